The second-order valence-electron chi connectivity index (χ2n) is 4.66. The molecule has 1 fully saturated rings. The highest BCUT2D eigenvalue weighted by molar-refractivity contribution is 14.1. The van der Waals surface area contributed by atoms with E-state index in [1.165, 1.54) is 31.5 Å². The Morgan fingerprint density at radius 1 is 1.41 bits per heavy atom. The third-order valence-corrected chi connectivity index (χ3v) is 4.41. The van der Waals surface area contributed by atoms with Crippen LogP contribution in [-0.2, 0) is 0 Å². The summed E-state index contributed by atoms with van der Waals surface area (Å²) in [7, 11) is 0. The van der Waals surface area contributed by atoms with Gasteiger partial charge in [-0.3, -0.25) is 0 Å². The predicted octanol–water partition coefficient (Wildman–Crippen LogP) is 2.70. The molecule has 4 heteroatoms. The van der Waals surface area contributed by atoms with Crippen LogP contribution >= 0.6 is 22.6 Å². The van der Waals surface area contributed by atoms with Crippen LogP contribution in [-0.4, -0.2) is 40.0 Å². The van der Waals surface area contributed by atoms with Crippen molar-refractivity contribution in [1.29, 1.82) is 0 Å². The number of hydrogen-bond acceptors (Lipinski definition) is 3. The van der Waals surface area contributed by atoms with E-state index >= 15 is 0 Å². The first kappa shape index (κ1) is 13.1. The summed E-state index contributed by atoms with van der Waals surface area (Å²) in [6.45, 7) is 6.67. The summed E-state index contributed by atoms with van der Waals surface area (Å²) in [6, 6.07) is 4.14. The van der Waals surface area contributed by atoms with Crippen LogP contribution in [0.15, 0.2) is 18.3 Å². The molecular formula is C13H20IN3. The number of alkyl halides is 1. The number of nitrogens with zero attached hydrogens (tertiary/aromatic N) is 2. The van der Waals surface area contributed by atoms with Crippen LogP contribution in [0.4, 0.5) is 5.82 Å². The number of nitrogens with one attached hydrogen (secondary N) is 1. The van der Waals surface area contributed by atoms with Crippen molar-refractivity contribution in [2.24, 2.45) is 0 Å². The zero-order valence-electron chi connectivity index (χ0n) is 10.3. The Morgan fingerprint density at radius 3 is 2.82 bits per heavy atom. The Morgan fingerprint density at radius 2 is 2.18 bits per heavy atom. The van der Waals surface area contributed by atoms with E-state index in [-0.39, 0.29) is 0 Å². The van der Waals surface area contributed by atoms with Crippen LogP contribution in [0.3, 0.4) is 0 Å². The van der Waals surface area contributed by atoms with Crippen molar-refractivity contribution in [2.75, 3.05) is 31.5 Å². The number of piperidine rings is 1. The Labute approximate surface area is 117 Å². The third kappa shape index (κ3) is 4.43. The Kier molecular flexibility index (Phi) is 5.03. The SMILES string of the molecule is Cc1ccc(NCCN2CCC(I)CC2)nc1. The number of anilines is 1. The molecule has 1 aliphatic rings. The minimum absolute atomic E-state index is 0.885. The van der Waals surface area contributed by atoms with Gasteiger partial charge in [0.15, 0.2) is 0 Å². The average Bonchev–Trinajstić information content (AvgIpc) is 2.34. The highest BCUT2D eigenvalue weighted by atomic mass is 127. The van der Waals surface area contributed by atoms with Gasteiger partial charge in [0.1, 0.15) is 5.82 Å². The zero-order chi connectivity index (χ0) is 12.1. The molecule has 0 saturated carbocycles. The van der Waals surface area contributed by atoms with Gasteiger partial charge in [0, 0.05) is 23.2 Å². The lowest BCUT2D eigenvalue weighted by Gasteiger charge is -2.29. The van der Waals surface area contributed by atoms with Crippen molar-refractivity contribution >= 4 is 28.4 Å². The molecule has 1 aliphatic heterocycles. The highest BCUT2D eigenvalue weighted by Crippen LogP contribution is 2.17. The smallest absolute Gasteiger partial charge is 0.125 e. The van der Waals surface area contributed by atoms with Crippen LogP contribution in [0.5, 0.6) is 0 Å². The molecule has 1 aromatic rings. The Hall–Kier alpha value is -0.360. The number of aromatic nitrogens is 1. The first-order valence-electron chi connectivity index (χ1n) is 6.27. The minimum Gasteiger partial charge on any atom is -0.369 e. The van der Waals surface area contributed by atoms with Crippen molar-refractivity contribution in [3.8, 4) is 0 Å². The normalized spacial score (nSPS) is 18.2. The van der Waals surface area contributed by atoms with Crippen LogP contribution < -0.4 is 5.32 Å². The van der Waals surface area contributed by atoms with Crippen LogP contribution in [0.1, 0.15) is 18.4 Å². The molecule has 1 aromatic heterocycles. The van der Waals surface area contributed by atoms with E-state index < -0.39 is 0 Å². The van der Waals surface area contributed by atoms with Crippen LogP contribution in [0.2, 0.25) is 0 Å². The number of halogens is 1. The van der Waals surface area contributed by atoms with Crippen LogP contribution in [0.25, 0.3) is 0 Å². The van der Waals surface area contributed by atoms with E-state index in [4.69, 9.17) is 0 Å². The summed E-state index contributed by atoms with van der Waals surface area (Å²) < 4.78 is 0.885. The molecule has 3 nitrogen and oxygen atoms in total. The van der Waals surface area contributed by atoms with Gasteiger partial charge in [0.25, 0.3) is 0 Å². The summed E-state index contributed by atoms with van der Waals surface area (Å²) in [5.41, 5.74) is 1.21. The Bertz CT molecular complexity index is 331. The van der Waals surface area contributed by atoms with Gasteiger partial charge in [0.05, 0.1) is 0 Å². The van der Waals surface area contributed by atoms with Gasteiger partial charge in [-0.1, -0.05) is 28.7 Å². The molecule has 0 aromatic carbocycles. The number of pyridine rings is 1. The number of aryl methyl sites for hydroxylation is 1. The van der Waals surface area contributed by atoms with E-state index in [1.54, 1.807) is 0 Å². The monoisotopic (exact) mass is 345 g/mol. The average molecular weight is 345 g/mol. The topological polar surface area (TPSA) is 28.2 Å². The maximum atomic E-state index is 4.34. The molecule has 0 spiro atoms. The molecular weight excluding hydrogens is 325 g/mol. The first-order chi connectivity index (χ1) is 8.24. The zero-order valence-corrected chi connectivity index (χ0v) is 12.5. The Balaban J connectivity index is 1.67. The molecule has 1 saturated heterocycles. The summed E-state index contributed by atoms with van der Waals surface area (Å²) in [6.07, 6.45) is 4.58. The fourth-order valence-corrected chi connectivity index (χ4v) is 2.60. The lowest BCUT2D eigenvalue weighted by molar-refractivity contribution is 0.244. The number of hydrogen-bond donors (Lipinski definition) is 1. The van der Waals surface area contributed by atoms with Gasteiger partial charge in [-0.05, 0) is 44.5 Å². The van der Waals surface area contributed by atoms with Crippen molar-refractivity contribution in [3.63, 3.8) is 0 Å². The summed E-state index contributed by atoms with van der Waals surface area (Å²) in [5, 5.41) is 3.38. The number of rotatable bonds is 4. The van der Waals surface area contributed by atoms with E-state index in [1.807, 2.05) is 12.3 Å². The summed E-state index contributed by atoms with van der Waals surface area (Å²) >= 11 is 2.56. The van der Waals surface area contributed by atoms with Gasteiger partial charge < -0.3 is 10.2 Å². The van der Waals surface area contributed by atoms with Gasteiger partial charge in [-0.15, -0.1) is 0 Å². The van der Waals surface area contributed by atoms with Gasteiger partial charge in [-0.25, -0.2) is 4.98 Å². The van der Waals surface area contributed by atoms with E-state index in [0.29, 0.717) is 0 Å². The largest absolute Gasteiger partial charge is 0.369 e. The van der Waals surface area contributed by atoms with Crippen molar-refractivity contribution in [2.45, 2.75) is 23.7 Å². The highest BCUT2D eigenvalue weighted by Gasteiger charge is 2.15. The lowest BCUT2D eigenvalue weighted by Crippen LogP contribution is -2.37. The lowest BCUT2D eigenvalue weighted by atomic mass is 10.1. The van der Waals surface area contributed by atoms with E-state index in [0.717, 1.165) is 22.8 Å². The molecule has 1 N–H and O–H groups in total. The molecule has 17 heavy (non-hydrogen) atoms. The second-order valence-corrected chi connectivity index (χ2v) is 6.43. The quantitative estimate of drug-likeness (QED) is 0.672. The molecule has 94 valence electrons. The third-order valence-electron chi connectivity index (χ3n) is 3.16. The standard InChI is InChI=1S/C13H20IN3/c1-11-2-3-13(16-10-11)15-6-9-17-7-4-12(14)5-8-17/h2-3,10,12H,4-9H2,1H3,(H,15,16). The number of likely N-dealkylation sites (tertiary alicyclic amines) is 1. The maximum Gasteiger partial charge on any atom is 0.125 e. The van der Waals surface area contributed by atoms with Crippen molar-refractivity contribution < 1.29 is 0 Å². The first-order valence-corrected chi connectivity index (χ1v) is 7.51. The van der Waals surface area contributed by atoms with Crippen molar-refractivity contribution in [3.05, 3.63) is 23.9 Å². The molecule has 0 amide bonds. The fourth-order valence-electron chi connectivity index (χ4n) is 2.04. The minimum atomic E-state index is 0.885. The van der Waals surface area contributed by atoms with Gasteiger partial charge in [0.2, 0.25) is 0 Å². The molecule has 0 atom stereocenters. The summed E-state index contributed by atoms with van der Waals surface area (Å²) in [4.78, 5) is 6.88. The molecule has 0 aliphatic carbocycles. The molecule has 0 radical (unpaired) electrons. The van der Waals surface area contributed by atoms with Gasteiger partial charge in [-0.2, -0.15) is 0 Å². The molecule has 0 bridgehead atoms. The maximum absolute atomic E-state index is 4.34. The molecule has 2 heterocycles. The van der Waals surface area contributed by atoms with Gasteiger partial charge >= 0.3 is 0 Å². The summed E-state index contributed by atoms with van der Waals surface area (Å²) in [5.74, 6) is 0.986. The fraction of sp³-hybridized carbons (Fsp3) is 0.615. The van der Waals surface area contributed by atoms with E-state index in [2.05, 4.69) is 50.8 Å². The predicted molar refractivity (Wildman–Crippen MR) is 80.9 cm³/mol. The molecule has 2 rings (SSSR count). The molecule has 0 unspecified atom stereocenters. The van der Waals surface area contributed by atoms with Crippen LogP contribution in [0, 0.1) is 6.92 Å². The van der Waals surface area contributed by atoms with E-state index in [9.17, 15) is 0 Å². The second kappa shape index (κ2) is 6.54. The van der Waals surface area contributed by atoms with Crippen molar-refractivity contribution in [1.82, 2.24) is 9.88 Å².